The largest absolute Gasteiger partial charge is 0.354 e. The SMILES string of the molecule is CCCCN(C)c1ncnc(Nc2ccncc2)c1[N+](=O)[O-]. The Morgan fingerprint density at radius 1 is 1.32 bits per heavy atom. The van der Waals surface area contributed by atoms with Crippen molar-refractivity contribution in [3.8, 4) is 0 Å². The van der Waals surface area contributed by atoms with Crippen LogP contribution in [0.4, 0.5) is 23.0 Å². The molecule has 2 aromatic heterocycles. The molecule has 0 aliphatic carbocycles. The van der Waals surface area contributed by atoms with Gasteiger partial charge in [-0.25, -0.2) is 9.97 Å². The van der Waals surface area contributed by atoms with Crippen molar-refractivity contribution < 1.29 is 4.92 Å². The van der Waals surface area contributed by atoms with Gasteiger partial charge in [0.1, 0.15) is 6.33 Å². The maximum absolute atomic E-state index is 11.5. The van der Waals surface area contributed by atoms with E-state index < -0.39 is 4.92 Å². The Morgan fingerprint density at radius 3 is 2.68 bits per heavy atom. The lowest BCUT2D eigenvalue weighted by Gasteiger charge is -2.18. The summed E-state index contributed by atoms with van der Waals surface area (Å²) in [5, 5.41) is 14.4. The highest BCUT2D eigenvalue weighted by atomic mass is 16.6. The monoisotopic (exact) mass is 302 g/mol. The van der Waals surface area contributed by atoms with Crippen molar-refractivity contribution in [3.63, 3.8) is 0 Å². The second kappa shape index (κ2) is 7.30. The van der Waals surface area contributed by atoms with E-state index in [1.165, 1.54) is 6.33 Å². The predicted molar refractivity (Wildman–Crippen MR) is 84.4 cm³/mol. The van der Waals surface area contributed by atoms with Crippen molar-refractivity contribution in [2.75, 3.05) is 23.8 Å². The summed E-state index contributed by atoms with van der Waals surface area (Å²) in [6, 6.07) is 3.43. The number of unbranched alkanes of at least 4 members (excludes halogenated alkanes) is 1. The summed E-state index contributed by atoms with van der Waals surface area (Å²) in [6.45, 7) is 2.77. The van der Waals surface area contributed by atoms with E-state index in [1.807, 2.05) is 0 Å². The van der Waals surface area contributed by atoms with Gasteiger partial charge in [0.15, 0.2) is 0 Å². The fourth-order valence-electron chi connectivity index (χ4n) is 1.98. The van der Waals surface area contributed by atoms with Gasteiger partial charge in [-0.1, -0.05) is 13.3 Å². The van der Waals surface area contributed by atoms with Crippen molar-refractivity contribution in [2.24, 2.45) is 0 Å². The van der Waals surface area contributed by atoms with Crippen LogP contribution in [-0.4, -0.2) is 33.5 Å². The first kappa shape index (κ1) is 15.6. The van der Waals surface area contributed by atoms with E-state index in [4.69, 9.17) is 0 Å². The van der Waals surface area contributed by atoms with E-state index >= 15 is 0 Å². The van der Waals surface area contributed by atoms with E-state index in [-0.39, 0.29) is 11.5 Å². The van der Waals surface area contributed by atoms with Crippen LogP contribution in [0.15, 0.2) is 30.9 Å². The predicted octanol–water partition coefficient (Wildman–Crippen LogP) is 2.76. The molecule has 0 aromatic carbocycles. The van der Waals surface area contributed by atoms with Crippen LogP contribution in [0, 0.1) is 10.1 Å². The first-order valence-electron chi connectivity index (χ1n) is 7.01. The molecule has 8 nitrogen and oxygen atoms in total. The maximum atomic E-state index is 11.5. The van der Waals surface area contributed by atoms with Gasteiger partial charge in [0.25, 0.3) is 0 Å². The lowest BCUT2D eigenvalue weighted by atomic mass is 10.3. The average molecular weight is 302 g/mol. The number of hydrogen-bond donors (Lipinski definition) is 1. The molecule has 0 aliphatic heterocycles. The number of hydrogen-bond acceptors (Lipinski definition) is 7. The molecule has 2 aromatic rings. The Morgan fingerprint density at radius 2 is 2.05 bits per heavy atom. The number of anilines is 3. The highest BCUT2D eigenvalue weighted by molar-refractivity contribution is 5.74. The second-order valence-electron chi connectivity index (χ2n) is 4.79. The van der Waals surface area contributed by atoms with E-state index in [2.05, 4.69) is 27.2 Å². The molecule has 2 rings (SSSR count). The van der Waals surface area contributed by atoms with Gasteiger partial charge in [0.2, 0.25) is 11.6 Å². The van der Waals surface area contributed by atoms with E-state index in [9.17, 15) is 10.1 Å². The molecule has 0 radical (unpaired) electrons. The standard InChI is InChI=1S/C14H18N6O2/c1-3-4-9-19(2)14-12(20(21)22)13(16-10-17-14)18-11-5-7-15-8-6-11/h5-8,10H,3-4,9H2,1-2H3,(H,15,16,17,18). The minimum absolute atomic E-state index is 0.127. The van der Waals surface area contributed by atoms with Gasteiger partial charge in [-0.3, -0.25) is 15.1 Å². The summed E-state index contributed by atoms with van der Waals surface area (Å²) < 4.78 is 0. The number of nitro groups is 1. The maximum Gasteiger partial charge on any atom is 0.353 e. The highest BCUT2D eigenvalue weighted by Crippen LogP contribution is 2.32. The molecule has 0 aliphatic rings. The third kappa shape index (κ3) is 3.66. The lowest BCUT2D eigenvalue weighted by Crippen LogP contribution is -2.21. The molecule has 0 bridgehead atoms. The number of rotatable bonds is 7. The zero-order valence-electron chi connectivity index (χ0n) is 12.6. The zero-order valence-corrected chi connectivity index (χ0v) is 12.6. The lowest BCUT2D eigenvalue weighted by molar-refractivity contribution is -0.383. The minimum atomic E-state index is -0.457. The third-order valence-corrected chi connectivity index (χ3v) is 3.14. The molecule has 1 N–H and O–H groups in total. The van der Waals surface area contributed by atoms with Crippen LogP contribution in [-0.2, 0) is 0 Å². The molecular weight excluding hydrogens is 284 g/mol. The second-order valence-corrected chi connectivity index (χ2v) is 4.79. The van der Waals surface area contributed by atoms with Gasteiger partial charge in [-0.2, -0.15) is 0 Å². The third-order valence-electron chi connectivity index (χ3n) is 3.14. The summed E-state index contributed by atoms with van der Waals surface area (Å²) in [5.41, 5.74) is 0.553. The summed E-state index contributed by atoms with van der Waals surface area (Å²) >= 11 is 0. The Labute approximate surface area is 128 Å². The first-order chi connectivity index (χ1) is 10.6. The van der Waals surface area contributed by atoms with Gasteiger partial charge in [0, 0.05) is 31.7 Å². The van der Waals surface area contributed by atoms with Gasteiger partial charge in [0.05, 0.1) is 4.92 Å². The van der Waals surface area contributed by atoms with Crippen LogP contribution in [0.5, 0.6) is 0 Å². The smallest absolute Gasteiger partial charge is 0.353 e. The van der Waals surface area contributed by atoms with Crippen LogP contribution in [0.3, 0.4) is 0 Å². The molecule has 0 saturated heterocycles. The van der Waals surface area contributed by atoms with Crippen molar-refractivity contribution in [1.29, 1.82) is 0 Å². The van der Waals surface area contributed by atoms with Crippen LogP contribution in [0.2, 0.25) is 0 Å². The molecule has 0 spiro atoms. The van der Waals surface area contributed by atoms with Crippen molar-refractivity contribution in [1.82, 2.24) is 15.0 Å². The highest BCUT2D eigenvalue weighted by Gasteiger charge is 2.25. The quantitative estimate of drug-likeness (QED) is 0.620. The van der Waals surface area contributed by atoms with E-state index in [1.54, 1.807) is 36.5 Å². The van der Waals surface area contributed by atoms with E-state index in [0.29, 0.717) is 18.1 Å². The minimum Gasteiger partial charge on any atom is -0.354 e. The first-order valence-corrected chi connectivity index (χ1v) is 7.01. The molecule has 8 heteroatoms. The number of nitrogens with zero attached hydrogens (tertiary/aromatic N) is 5. The Bertz CT molecular complexity index is 634. The molecule has 116 valence electrons. The molecule has 0 amide bonds. The van der Waals surface area contributed by atoms with Gasteiger partial charge in [-0.05, 0) is 18.6 Å². The van der Waals surface area contributed by atoms with Crippen molar-refractivity contribution in [3.05, 3.63) is 41.0 Å². The summed E-state index contributed by atoms with van der Waals surface area (Å²) in [7, 11) is 1.79. The van der Waals surface area contributed by atoms with Gasteiger partial charge in [-0.15, -0.1) is 0 Å². The molecule has 0 unspecified atom stereocenters. The number of nitrogens with one attached hydrogen (secondary N) is 1. The van der Waals surface area contributed by atoms with Crippen molar-refractivity contribution in [2.45, 2.75) is 19.8 Å². The van der Waals surface area contributed by atoms with E-state index in [0.717, 1.165) is 12.8 Å². The molecule has 0 atom stereocenters. The molecular formula is C14H18N6O2. The van der Waals surface area contributed by atoms with Crippen LogP contribution >= 0.6 is 0 Å². The zero-order chi connectivity index (χ0) is 15.9. The fraction of sp³-hybridized carbons (Fsp3) is 0.357. The number of aromatic nitrogens is 3. The molecule has 22 heavy (non-hydrogen) atoms. The molecule has 2 heterocycles. The summed E-state index contributed by atoms with van der Waals surface area (Å²) in [5.74, 6) is 0.481. The Hall–Kier alpha value is -2.77. The molecule has 0 saturated carbocycles. The summed E-state index contributed by atoms with van der Waals surface area (Å²) in [4.78, 5) is 24.8. The van der Waals surface area contributed by atoms with Crippen LogP contribution in [0.25, 0.3) is 0 Å². The Balaban J connectivity index is 2.36. The normalized spacial score (nSPS) is 10.3. The van der Waals surface area contributed by atoms with Gasteiger partial charge < -0.3 is 10.2 Å². The number of pyridine rings is 1. The van der Waals surface area contributed by atoms with Crippen molar-refractivity contribution >= 4 is 23.0 Å². The van der Waals surface area contributed by atoms with Crippen LogP contribution < -0.4 is 10.2 Å². The molecule has 0 fully saturated rings. The topological polar surface area (TPSA) is 97.1 Å². The van der Waals surface area contributed by atoms with Gasteiger partial charge >= 0.3 is 5.69 Å². The van der Waals surface area contributed by atoms with Crippen LogP contribution in [0.1, 0.15) is 19.8 Å². The Kier molecular flexibility index (Phi) is 5.18. The average Bonchev–Trinajstić information content (AvgIpc) is 2.53. The summed E-state index contributed by atoms with van der Waals surface area (Å²) in [6.07, 6.45) is 6.47. The fourth-order valence-corrected chi connectivity index (χ4v) is 1.98.